The molecule has 2 aromatic carbocycles. The summed E-state index contributed by atoms with van der Waals surface area (Å²) in [6, 6.07) is 18.5. The molecular formula is C25H27FN3O3. The van der Waals surface area contributed by atoms with Gasteiger partial charge in [-0.15, -0.1) is 0 Å². The predicted molar refractivity (Wildman–Crippen MR) is 122 cm³/mol. The number of hydrogen-bond donors (Lipinski definition) is 0. The molecule has 0 bridgehead atoms. The number of ether oxygens (including phenoxy) is 3. The van der Waals surface area contributed by atoms with Crippen molar-refractivity contribution in [2.75, 3.05) is 50.3 Å². The average molecular weight is 437 g/mol. The first-order valence-electron chi connectivity index (χ1n) is 10.6. The van der Waals surface area contributed by atoms with E-state index in [1.54, 1.807) is 20.4 Å². The van der Waals surface area contributed by atoms with Gasteiger partial charge in [-0.05, 0) is 35.4 Å². The molecule has 0 atom stereocenters. The van der Waals surface area contributed by atoms with Crippen molar-refractivity contribution in [2.45, 2.75) is 13.1 Å². The van der Waals surface area contributed by atoms with Gasteiger partial charge in [-0.3, -0.25) is 0 Å². The number of methoxy groups -OCH3 is 2. The molecule has 0 saturated carbocycles. The average Bonchev–Trinajstić information content (AvgIpc) is 2.85. The van der Waals surface area contributed by atoms with Crippen molar-refractivity contribution in [3.05, 3.63) is 77.7 Å². The van der Waals surface area contributed by atoms with Gasteiger partial charge in [0.25, 0.3) is 0 Å². The van der Waals surface area contributed by atoms with Crippen LogP contribution >= 0.6 is 0 Å². The Labute approximate surface area is 188 Å². The molecular weight excluding hydrogens is 409 g/mol. The fraction of sp³-hybridized carbons (Fsp3) is 0.320. The Morgan fingerprint density at radius 2 is 1.47 bits per heavy atom. The third-order valence-corrected chi connectivity index (χ3v) is 5.48. The number of morpholine rings is 1. The van der Waals surface area contributed by atoms with Gasteiger partial charge in [0.1, 0.15) is 11.5 Å². The number of rotatable bonds is 8. The van der Waals surface area contributed by atoms with Gasteiger partial charge in [0.15, 0.2) is 11.6 Å². The van der Waals surface area contributed by atoms with Crippen LogP contribution in [0.15, 0.2) is 54.7 Å². The van der Waals surface area contributed by atoms with E-state index in [9.17, 15) is 0 Å². The molecule has 167 valence electrons. The van der Waals surface area contributed by atoms with Crippen LogP contribution in [0.2, 0.25) is 0 Å². The fourth-order valence-electron chi connectivity index (χ4n) is 3.73. The fourth-order valence-corrected chi connectivity index (χ4v) is 3.73. The van der Waals surface area contributed by atoms with E-state index < -0.39 is 0 Å². The molecule has 3 aromatic rings. The van der Waals surface area contributed by atoms with Crippen molar-refractivity contribution >= 4 is 11.5 Å². The highest BCUT2D eigenvalue weighted by Gasteiger charge is 2.22. The normalized spacial score (nSPS) is 13.7. The number of nitrogens with zero attached hydrogens (tertiary/aromatic N) is 3. The Bertz CT molecular complexity index is 956. The van der Waals surface area contributed by atoms with Crippen molar-refractivity contribution in [3.63, 3.8) is 0 Å². The monoisotopic (exact) mass is 436 g/mol. The molecule has 1 aliphatic heterocycles. The van der Waals surface area contributed by atoms with Crippen LogP contribution in [-0.2, 0) is 17.8 Å². The SMILES string of the molecule is COc1ccc(CN(Cc2ccc(OC)cc2)c2nc[c]c(N3CCOCC3)c2F)cc1. The number of pyridine rings is 1. The van der Waals surface area contributed by atoms with E-state index in [2.05, 4.69) is 11.1 Å². The van der Waals surface area contributed by atoms with Crippen molar-refractivity contribution in [1.29, 1.82) is 0 Å². The van der Waals surface area contributed by atoms with E-state index in [1.165, 1.54) is 0 Å². The van der Waals surface area contributed by atoms with E-state index in [1.807, 2.05) is 58.3 Å². The molecule has 0 N–H and O–H groups in total. The summed E-state index contributed by atoms with van der Waals surface area (Å²) >= 11 is 0. The van der Waals surface area contributed by atoms with Crippen LogP contribution in [0.1, 0.15) is 11.1 Å². The summed E-state index contributed by atoms with van der Waals surface area (Å²) in [5.74, 6) is 1.50. The van der Waals surface area contributed by atoms with Gasteiger partial charge in [0, 0.05) is 38.4 Å². The van der Waals surface area contributed by atoms with Gasteiger partial charge < -0.3 is 24.0 Å². The Kier molecular flexibility index (Phi) is 7.07. The summed E-state index contributed by atoms with van der Waals surface area (Å²) < 4.78 is 31.6. The Morgan fingerprint density at radius 3 is 1.97 bits per heavy atom. The maximum atomic E-state index is 15.7. The standard InChI is InChI=1S/C25H27FN3O3/c1-30-21-7-3-19(4-8-21)17-29(18-20-5-9-22(31-2)10-6-20)25-24(26)23(11-12-27-25)28-13-15-32-16-14-28/h3-10,12H,13-18H2,1-2H3. The molecule has 0 unspecified atom stereocenters. The molecule has 0 spiro atoms. The molecule has 4 rings (SSSR count). The van der Waals surface area contributed by atoms with E-state index >= 15 is 4.39 Å². The molecule has 7 heteroatoms. The zero-order valence-corrected chi connectivity index (χ0v) is 18.4. The highest BCUT2D eigenvalue weighted by atomic mass is 19.1. The summed E-state index contributed by atoms with van der Waals surface area (Å²) in [7, 11) is 3.27. The van der Waals surface area contributed by atoms with Crippen LogP contribution in [0, 0.1) is 11.9 Å². The number of anilines is 2. The van der Waals surface area contributed by atoms with Gasteiger partial charge >= 0.3 is 0 Å². The van der Waals surface area contributed by atoms with Crippen LogP contribution in [-0.4, -0.2) is 45.5 Å². The number of halogens is 1. The van der Waals surface area contributed by atoms with Crippen molar-refractivity contribution < 1.29 is 18.6 Å². The van der Waals surface area contributed by atoms with Gasteiger partial charge in [0.2, 0.25) is 0 Å². The summed E-state index contributed by atoms with van der Waals surface area (Å²) in [6.45, 7) is 3.40. The maximum absolute atomic E-state index is 15.7. The second-order valence-electron chi connectivity index (χ2n) is 7.54. The lowest BCUT2D eigenvalue weighted by Gasteiger charge is -2.31. The van der Waals surface area contributed by atoms with Gasteiger partial charge in [0.05, 0.1) is 33.1 Å². The Balaban J connectivity index is 1.65. The number of benzene rings is 2. The molecule has 1 fully saturated rings. The molecule has 1 radical (unpaired) electrons. The van der Waals surface area contributed by atoms with Gasteiger partial charge in [-0.2, -0.15) is 0 Å². The lowest BCUT2D eigenvalue weighted by atomic mass is 10.1. The largest absolute Gasteiger partial charge is 0.497 e. The number of aromatic nitrogens is 1. The molecule has 1 saturated heterocycles. The van der Waals surface area contributed by atoms with Gasteiger partial charge in [-0.25, -0.2) is 9.37 Å². The topological polar surface area (TPSA) is 47.1 Å². The van der Waals surface area contributed by atoms with Gasteiger partial charge in [-0.1, -0.05) is 24.3 Å². The second kappa shape index (κ2) is 10.3. The summed E-state index contributed by atoms with van der Waals surface area (Å²) in [5, 5.41) is 0. The molecule has 1 aromatic heterocycles. The lowest BCUT2D eigenvalue weighted by molar-refractivity contribution is 0.122. The van der Waals surface area contributed by atoms with Crippen LogP contribution in [0.3, 0.4) is 0 Å². The van der Waals surface area contributed by atoms with Crippen molar-refractivity contribution in [1.82, 2.24) is 4.98 Å². The molecule has 0 aliphatic carbocycles. The highest BCUT2D eigenvalue weighted by Crippen LogP contribution is 2.29. The number of hydrogen-bond acceptors (Lipinski definition) is 6. The van der Waals surface area contributed by atoms with Crippen LogP contribution < -0.4 is 19.3 Å². The zero-order chi connectivity index (χ0) is 22.3. The van der Waals surface area contributed by atoms with E-state index in [-0.39, 0.29) is 5.82 Å². The first-order valence-corrected chi connectivity index (χ1v) is 10.6. The second-order valence-corrected chi connectivity index (χ2v) is 7.54. The molecule has 0 amide bonds. The minimum Gasteiger partial charge on any atom is -0.497 e. The third kappa shape index (κ3) is 5.11. The summed E-state index contributed by atoms with van der Waals surface area (Å²) in [6.07, 6.45) is 1.55. The van der Waals surface area contributed by atoms with Crippen LogP contribution in [0.4, 0.5) is 15.9 Å². The summed E-state index contributed by atoms with van der Waals surface area (Å²) in [4.78, 5) is 8.28. The minimum atomic E-state index is -0.364. The molecule has 1 aliphatic rings. The molecule has 6 nitrogen and oxygen atoms in total. The third-order valence-electron chi connectivity index (χ3n) is 5.48. The van der Waals surface area contributed by atoms with E-state index in [0.717, 1.165) is 22.6 Å². The summed E-state index contributed by atoms with van der Waals surface area (Å²) in [5.41, 5.74) is 2.50. The van der Waals surface area contributed by atoms with Crippen molar-refractivity contribution in [2.24, 2.45) is 0 Å². The maximum Gasteiger partial charge on any atom is 0.189 e. The van der Waals surface area contributed by atoms with Crippen LogP contribution in [0.5, 0.6) is 11.5 Å². The first kappa shape index (κ1) is 21.9. The Hall–Kier alpha value is -3.32. The quantitative estimate of drug-likeness (QED) is 0.530. The minimum absolute atomic E-state index is 0.303. The highest BCUT2D eigenvalue weighted by molar-refractivity contribution is 5.57. The first-order chi connectivity index (χ1) is 15.7. The van der Waals surface area contributed by atoms with E-state index in [4.69, 9.17) is 14.2 Å². The Morgan fingerprint density at radius 1 is 0.938 bits per heavy atom. The molecule has 2 heterocycles. The van der Waals surface area contributed by atoms with Crippen molar-refractivity contribution in [3.8, 4) is 11.5 Å². The van der Waals surface area contributed by atoms with E-state index in [0.29, 0.717) is 50.9 Å². The lowest BCUT2D eigenvalue weighted by Crippen LogP contribution is -2.37. The van der Waals surface area contributed by atoms with Crippen LogP contribution in [0.25, 0.3) is 0 Å². The molecule has 32 heavy (non-hydrogen) atoms. The zero-order valence-electron chi connectivity index (χ0n) is 18.4. The smallest absolute Gasteiger partial charge is 0.189 e. The predicted octanol–water partition coefficient (Wildman–Crippen LogP) is 4.08.